The van der Waals surface area contributed by atoms with Gasteiger partial charge in [-0.25, -0.2) is 9.59 Å². The van der Waals surface area contributed by atoms with Gasteiger partial charge in [-0.3, -0.25) is 19.2 Å². The van der Waals surface area contributed by atoms with E-state index in [2.05, 4.69) is 41.5 Å². The zero-order valence-corrected chi connectivity index (χ0v) is 37.7. The molecule has 58 heavy (non-hydrogen) atoms. The fourth-order valence-corrected chi connectivity index (χ4v) is 7.67. The Kier molecular flexibility index (Phi) is 25.5. The van der Waals surface area contributed by atoms with Gasteiger partial charge in [0.1, 0.15) is 11.5 Å². The second-order valence-corrected chi connectivity index (χ2v) is 18.9. The van der Waals surface area contributed by atoms with Gasteiger partial charge >= 0.3 is 35.8 Å². The summed E-state index contributed by atoms with van der Waals surface area (Å²) in [7, 11) is 0. The van der Waals surface area contributed by atoms with Gasteiger partial charge in [-0.05, 0) is 66.6 Å². The first kappa shape index (κ1) is 56.8. The number of aliphatic hydroxyl groups is 2. The van der Waals surface area contributed by atoms with E-state index in [-0.39, 0.29) is 48.9 Å². The summed E-state index contributed by atoms with van der Waals surface area (Å²) in [5, 5.41) is 70.7. The van der Waals surface area contributed by atoms with Crippen molar-refractivity contribution in [1.82, 2.24) is 0 Å². The quantitative estimate of drug-likeness (QED) is 0.0351. The molecule has 7 N–H and O–H groups in total. The Morgan fingerprint density at radius 3 is 1.26 bits per heavy atom. The van der Waals surface area contributed by atoms with Crippen LogP contribution in [0.2, 0.25) is 0 Å². The molecule has 0 aromatic rings. The van der Waals surface area contributed by atoms with Crippen molar-refractivity contribution in [3.05, 3.63) is 0 Å². The summed E-state index contributed by atoms with van der Waals surface area (Å²) < 4.78 is 5.24. The molecule has 0 aromatic heterocycles. The highest BCUT2D eigenvalue weighted by Crippen LogP contribution is 2.50. The second-order valence-electron chi connectivity index (χ2n) is 18.9. The predicted molar refractivity (Wildman–Crippen MR) is 221 cm³/mol. The summed E-state index contributed by atoms with van der Waals surface area (Å²) in [4.78, 5) is 72.0. The Hall–Kier alpha value is -3.26. The van der Waals surface area contributed by atoms with Crippen molar-refractivity contribution in [2.75, 3.05) is 0 Å². The Bertz CT molecular complexity index is 1270. The van der Waals surface area contributed by atoms with Gasteiger partial charge in [0, 0.05) is 0 Å². The van der Waals surface area contributed by atoms with E-state index in [9.17, 15) is 54.3 Å². The van der Waals surface area contributed by atoms with E-state index in [0.717, 1.165) is 25.7 Å². The molecule has 0 fully saturated rings. The Labute approximate surface area is 347 Å². The minimum atomic E-state index is -2.95. The normalized spacial score (nSPS) is 18.1. The fourth-order valence-electron chi connectivity index (χ4n) is 7.67. The van der Waals surface area contributed by atoms with Crippen LogP contribution in [0.1, 0.15) is 167 Å². The number of aliphatic carboxylic acids is 5. The predicted octanol–water partition coefficient (Wildman–Crippen LogP) is 8.24. The van der Waals surface area contributed by atoms with E-state index >= 15 is 0 Å². The molecule has 0 saturated carbocycles. The lowest BCUT2D eigenvalue weighted by atomic mass is 9.57. The van der Waals surface area contributed by atoms with Gasteiger partial charge in [-0.1, -0.05) is 135 Å². The molecule has 0 radical (unpaired) electrons. The van der Waals surface area contributed by atoms with E-state index in [4.69, 9.17) is 14.9 Å². The Balaban J connectivity index is 0. The van der Waals surface area contributed by atoms with Gasteiger partial charge in [0.25, 0.3) is 0 Å². The van der Waals surface area contributed by atoms with Crippen LogP contribution < -0.4 is 0 Å². The lowest BCUT2D eigenvalue weighted by Gasteiger charge is -2.47. The third kappa shape index (κ3) is 18.8. The molecule has 8 unspecified atom stereocenters. The van der Waals surface area contributed by atoms with Gasteiger partial charge in [0.2, 0.25) is 0 Å². The van der Waals surface area contributed by atoms with E-state index < -0.39 is 77.3 Å². The topological polar surface area (TPSA) is 253 Å². The zero-order valence-electron chi connectivity index (χ0n) is 37.7. The molecule has 0 aliphatic heterocycles. The van der Waals surface area contributed by atoms with E-state index in [1.165, 1.54) is 0 Å². The second kappa shape index (κ2) is 26.1. The SMILES string of the molecule is CC(C)CCC(C)CC(C(=O)O)C(O)(C(=O)O)C(CC(C)CCC(C)C)(CC(C)CCC(C)C)C(=O)O.CCC(C)C(OC(=O)CC(O)(CC(=O)O)C(=O)O)C(C)C. The highest BCUT2D eigenvalue weighted by molar-refractivity contribution is 5.93. The molecule has 340 valence electrons. The standard InChI is InChI=1S/C30H56O7.C14H24O7/c1-19(2)10-13-22(7)16-25(26(31)32)30(37,28(35)36)29(27(33)34,17-23(8)14-11-20(3)4)18-24(9)15-12-21(5)6;1-5-9(4)12(8(2)3)21-11(17)7-14(20,13(18)19)6-10(15)16/h19-25,37H,10-18H2,1-9H3,(H,31,32)(H,33,34)(H,35,36);8-9,12,20H,5-7H2,1-4H3,(H,15,16)(H,18,19). The van der Waals surface area contributed by atoms with Crippen LogP contribution in [0.4, 0.5) is 0 Å². The first-order valence-electron chi connectivity index (χ1n) is 21.2. The number of hydrogen-bond donors (Lipinski definition) is 7. The van der Waals surface area contributed by atoms with Gasteiger partial charge < -0.3 is 40.5 Å². The van der Waals surface area contributed by atoms with Crippen LogP contribution in [-0.4, -0.2) is 88.9 Å². The van der Waals surface area contributed by atoms with Crippen LogP contribution in [-0.2, 0) is 33.5 Å². The number of carbonyl (C=O) groups excluding carboxylic acids is 1. The number of carbonyl (C=O) groups is 6. The largest absolute Gasteiger partial charge is 0.481 e. The van der Waals surface area contributed by atoms with Crippen molar-refractivity contribution in [2.24, 2.45) is 58.7 Å². The summed E-state index contributed by atoms with van der Waals surface area (Å²) in [6.07, 6.45) is 2.65. The minimum absolute atomic E-state index is 0.0290. The molecule has 0 bridgehead atoms. The molecule has 0 heterocycles. The first-order chi connectivity index (χ1) is 26.4. The number of hydrogen-bond acceptors (Lipinski definition) is 9. The number of ether oxygens (including phenoxy) is 1. The molecule has 0 aliphatic rings. The van der Waals surface area contributed by atoms with Gasteiger partial charge in [-0.15, -0.1) is 0 Å². The van der Waals surface area contributed by atoms with Crippen LogP contribution in [0.5, 0.6) is 0 Å². The molecule has 0 saturated heterocycles. The van der Waals surface area contributed by atoms with Crippen molar-refractivity contribution < 1.29 is 69.2 Å². The molecule has 0 aliphatic carbocycles. The molecule has 8 atom stereocenters. The monoisotopic (exact) mass is 833 g/mol. The molecule has 14 heteroatoms. The number of esters is 1. The third-order valence-corrected chi connectivity index (χ3v) is 11.4. The lowest BCUT2D eigenvalue weighted by Crippen LogP contribution is -2.65. The van der Waals surface area contributed by atoms with Gasteiger partial charge in [0.05, 0.1) is 18.8 Å². The van der Waals surface area contributed by atoms with Crippen LogP contribution >= 0.6 is 0 Å². The summed E-state index contributed by atoms with van der Waals surface area (Å²) in [5.41, 5.74) is -7.73. The Morgan fingerprint density at radius 1 is 0.552 bits per heavy atom. The molecular formula is C44H80O14. The van der Waals surface area contributed by atoms with E-state index in [0.29, 0.717) is 37.0 Å². The minimum Gasteiger partial charge on any atom is -0.481 e. The maximum absolute atomic E-state index is 13.1. The maximum atomic E-state index is 13.1. The lowest BCUT2D eigenvalue weighted by molar-refractivity contribution is -0.211. The van der Waals surface area contributed by atoms with E-state index in [1.54, 1.807) is 0 Å². The average Bonchev–Trinajstić information content (AvgIpc) is 3.08. The molecular weight excluding hydrogens is 752 g/mol. The summed E-state index contributed by atoms with van der Waals surface area (Å²) in [6.45, 7) is 25.6. The van der Waals surface area contributed by atoms with Crippen LogP contribution in [0, 0.1) is 58.7 Å². The molecule has 14 nitrogen and oxygen atoms in total. The van der Waals surface area contributed by atoms with Crippen molar-refractivity contribution in [3.8, 4) is 0 Å². The van der Waals surface area contributed by atoms with Crippen molar-refractivity contribution >= 4 is 35.8 Å². The highest BCUT2D eigenvalue weighted by Gasteiger charge is 2.66. The summed E-state index contributed by atoms with van der Waals surface area (Å²) in [5.74, 6) is -9.87. The number of carboxylic acids is 5. The van der Waals surface area contributed by atoms with Crippen LogP contribution in [0.25, 0.3) is 0 Å². The van der Waals surface area contributed by atoms with Gasteiger partial charge in [-0.2, -0.15) is 0 Å². The molecule has 0 rings (SSSR count). The molecule has 0 aromatic carbocycles. The van der Waals surface area contributed by atoms with Gasteiger partial charge in [0.15, 0.2) is 11.2 Å². The fraction of sp³-hybridized carbons (Fsp3) is 0.864. The first-order valence-corrected chi connectivity index (χ1v) is 21.2. The molecule has 0 amide bonds. The average molecular weight is 833 g/mol. The summed E-state index contributed by atoms with van der Waals surface area (Å²) >= 11 is 0. The highest BCUT2D eigenvalue weighted by atomic mass is 16.5. The Morgan fingerprint density at radius 2 is 0.966 bits per heavy atom. The van der Waals surface area contributed by atoms with Crippen molar-refractivity contribution in [3.63, 3.8) is 0 Å². The third-order valence-electron chi connectivity index (χ3n) is 11.4. The molecule has 0 spiro atoms. The van der Waals surface area contributed by atoms with Crippen LogP contribution in [0.15, 0.2) is 0 Å². The zero-order chi connectivity index (χ0) is 45.9. The van der Waals surface area contributed by atoms with Crippen LogP contribution in [0.3, 0.4) is 0 Å². The maximum Gasteiger partial charge on any atom is 0.337 e. The van der Waals surface area contributed by atoms with Crippen molar-refractivity contribution in [2.45, 2.75) is 184 Å². The smallest absolute Gasteiger partial charge is 0.337 e. The summed E-state index contributed by atoms with van der Waals surface area (Å²) in [6, 6.07) is 0. The van der Waals surface area contributed by atoms with Crippen molar-refractivity contribution in [1.29, 1.82) is 0 Å². The number of rotatable bonds is 29. The van der Waals surface area contributed by atoms with E-state index in [1.807, 2.05) is 48.5 Å². The number of carboxylic acid groups (broad SMARTS) is 5.